The van der Waals surface area contributed by atoms with Gasteiger partial charge in [-0.15, -0.1) is 5.43 Å². The highest BCUT2D eigenvalue weighted by Gasteiger charge is 3.06. The van der Waals surface area contributed by atoms with Gasteiger partial charge in [-0.2, -0.15) is 0 Å². The maximum atomic E-state index is 10.4. The van der Waals surface area contributed by atoms with E-state index in [1.165, 1.54) is 0 Å². The number of nitrogens with one attached hydrogen (secondary N) is 1. The Morgan fingerprint density at radius 1 is 1.08 bits per heavy atom. The van der Waals surface area contributed by atoms with Gasteiger partial charge in [0.2, 0.25) is 0 Å². The van der Waals surface area contributed by atoms with Crippen LogP contribution in [0.5, 0.6) is 0 Å². The van der Waals surface area contributed by atoms with E-state index in [4.69, 9.17) is 0 Å². The molecule has 0 aliphatic heterocycles. The number of hydrogen-bond acceptors (Lipinski definition) is 2. The Morgan fingerprint density at radius 3 is 2.00 bits per heavy atom. The number of rotatable bonds is 2. The molecule has 0 aromatic heterocycles. The Hall–Kier alpha value is -0.800. The summed E-state index contributed by atoms with van der Waals surface area (Å²) in [6.07, 6.45) is 0. The maximum Gasteiger partial charge on any atom is 0.158 e. The summed E-state index contributed by atoms with van der Waals surface area (Å²) in [5.41, 5.74) is 2.63. The zero-order valence-corrected chi connectivity index (χ0v) is 6.31. The van der Waals surface area contributed by atoms with E-state index >= 15 is 0 Å². The lowest BCUT2D eigenvalue weighted by molar-refractivity contribution is -0.667. The van der Waals surface area contributed by atoms with Crippen molar-refractivity contribution in [1.29, 1.82) is 0 Å². The monoisotopic (exact) mass is 164 g/mol. The topological polar surface area (TPSA) is 55.2 Å². The third-order valence-electron chi connectivity index (χ3n) is 5.76. The molecule has 0 aromatic rings. The molecule has 0 aromatic carbocycles. The average molecular weight is 164 g/mol. The van der Waals surface area contributed by atoms with Crippen LogP contribution >= 0.6 is 0 Å². The van der Waals surface area contributed by atoms with Crippen molar-refractivity contribution in [3.8, 4) is 0 Å². The summed E-state index contributed by atoms with van der Waals surface area (Å²) in [5.74, 6) is 6.02. The molecule has 0 heterocycles. The molecule has 6 rings (SSSR count). The molecular weight excluding hydrogens is 156 g/mol. The molecular formula is C8H8N2O2. The quantitative estimate of drug-likeness (QED) is 0.457. The zero-order chi connectivity index (χ0) is 7.83. The maximum absolute atomic E-state index is 10.4. The molecule has 4 heteroatoms. The number of hydrogen-bond donors (Lipinski definition) is 1. The second kappa shape index (κ2) is 0.947. The summed E-state index contributed by atoms with van der Waals surface area (Å²) in [6, 6.07) is 0. The second-order valence-electron chi connectivity index (χ2n) is 5.19. The molecule has 6 aliphatic carbocycles. The van der Waals surface area contributed by atoms with Crippen molar-refractivity contribution in [2.45, 2.75) is 5.54 Å². The predicted octanol–water partition coefficient (Wildman–Crippen LogP) is -0.112. The van der Waals surface area contributed by atoms with Gasteiger partial charge in [-0.1, -0.05) is 0 Å². The standard InChI is InChI=1S/C8H8N2O2/c11-10(12)9-8-5-2-1-3(5)7(8)4(1)6(2)8/h1-7,9H. The van der Waals surface area contributed by atoms with E-state index in [-0.39, 0.29) is 10.6 Å². The minimum Gasteiger partial charge on any atom is -0.235 e. The molecule has 4 nitrogen and oxygen atoms in total. The van der Waals surface area contributed by atoms with Crippen LogP contribution in [0.3, 0.4) is 0 Å². The molecule has 6 aliphatic rings. The van der Waals surface area contributed by atoms with E-state index in [0.717, 1.165) is 41.4 Å². The average Bonchev–Trinajstić information content (AvgIpc) is 2.04. The molecule has 6 fully saturated rings. The van der Waals surface area contributed by atoms with Crippen molar-refractivity contribution in [2.24, 2.45) is 41.4 Å². The van der Waals surface area contributed by atoms with Crippen molar-refractivity contribution >= 4 is 0 Å². The first kappa shape index (κ1) is 5.04. The van der Waals surface area contributed by atoms with E-state index in [2.05, 4.69) is 5.43 Å². The summed E-state index contributed by atoms with van der Waals surface area (Å²) >= 11 is 0. The van der Waals surface area contributed by atoms with Crippen molar-refractivity contribution < 1.29 is 5.03 Å². The molecule has 62 valence electrons. The summed E-state index contributed by atoms with van der Waals surface area (Å²) < 4.78 is 0. The minimum absolute atomic E-state index is 0.0399. The fourth-order valence-electron chi connectivity index (χ4n) is 5.81. The molecule has 0 atom stereocenters. The van der Waals surface area contributed by atoms with Gasteiger partial charge < -0.3 is 0 Å². The molecule has 0 radical (unpaired) electrons. The Labute approximate surface area is 68.4 Å². The Morgan fingerprint density at radius 2 is 1.58 bits per heavy atom. The molecule has 0 bridgehead atoms. The van der Waals surface area contributed by atoms with Gasteiger partial charge >= 0.3 is 0 Å². The van der Waals surface area contributed by atoms with Crippen molar-refractivity contribution in [1.82, 2.24) is 5.43 Å². The highest BCUT2D eigenvalue weighted by molar-refractivity contribution is 5.53. The molecule has 0 saturated heterocycles. The van der Waals surface area contributed by atoms with Crippen LogP contribution < -0.4 is 5.43 Å². The second-order valence-corrected chi connectivity index (χ2v) is 5.19. The van der Waals surface area contributed by atoms with Crippen LogP contribution in [0.1, 0.15) is 0 Å². The van der Waals surface area contributed by atoms with E-state index in [1.54, 1.807) is 0 Å². The normalized spacial score (nSPS) is 81.5. The van der Waals surface area contributed by atoms with Crippen LogP contribution in [0.2, 0.25) is 0 Å². The highest BCUT2D eigenvalue weighted by Crippen LogP contribution is 3.02. The summed E-state index contributed by atoms with van der Waals surface area (Å²) in [5, 5.41) is 10.1. The first-order chi connectivity index (χ1) is 5.78. The van der Waals surface area contributed by atoms with Gasteiger partial charge in [0.15, 0.2) is 5.03 Å². The largest absolute Gasteiger partial charge is 0.235 e. The lowest BCUT2D eigenvalue weighted by Crippen LogP contribution is -3.11. The fourth-order valence-corrected chi connectivity index (χ4v) is 5.81. The van der Waals surface area contributed by atoms with Crippen LogP contribution in [0, 0.1) is 51.5 Å². The SMILES string of the molecule is O=[N+]([O-])NC12C3C4C5C3C1C5C42. The van der Waals surface area contributed by atoms with Crippen LogP contribution in [0.4, 0.5) is 0 Å². The van der Waals surface area contributed by atoms with Crippen LogP contribution in [-0.2, 0) is 0 Å². The summed E-state index contributed by atoms with van der Waals surface area (Å²) in [4.78, 5) is 10.4. The molecule has 12 heavy (non-hydrogen) atoms. The van der Waals surface area contributed by atoms with E-state index in [9.17, 15) is 10.1 Å². The van der Waals surface area contributed by atoms with Crippen molar-refractivity contribution in [3.05, 3.63) is 10.1 Å². The molecule has 0 unspecified atom stereocenters. The molecule has 6 saturated carbocycles. The smallest absolute Gasteiger partial charge is 0.158 e. The van der Waals surface area contributed by atoms with Gasteiger partial charge in [0.25, 0.3) is 0 Å². The van der Waals surface area contributed by atoms with Gasteiger partial charge in [-0.3, -0.25) is 0 Å². The van der Waals surface area contributed by atoms with Gasteiger partial charge in [0.1, 0.15) is 5.54 Å². The highest BCUT2D eigenvalue weighted by atomic mass is 16.7. The van der Waals surface area contributed by atoms with Gasteiger partial charge in [-0.25, -0.2) is 10.1 Å². The van der Waals surface area contributed by atoms with Gasteiger partial charge in [0, 0.05) is 0 Å². The molecule has 0 spiro atoms. The Balaban J connectivity index is 1.60. The lowest BCUT2D eigenvalue weighted by atomic mass is 8.99. The van der Waals surface area contributed by atoms with Crippen LogP contribution in [-0.4, -0.2) is 10.6 Å². The van der Waals surface area contributed by atoms with Gasteiger partial charge in [-0.05, 0) is 41.4 Å². The summed E-state index contributed by atoms with van der Waals surface area (Å²) in [7, 11) is 0. The Bertz CT molecular complexity index is 302. The van der Waals surface area contributed by atoms with Gasteiger partial charge in [0.05, 0.1) is 0 Å². The predicted molar refractivity (Wildman–Crippen MR) is 37.3 cm³/mol. The van der Waals surface area contributed by atoms with Crippen LogP contribution in [0.25, 0.3) is 0 Å². The van der Waals surface area contributed by atoms with E-state index in [0.29, 0.717) is 0 Å². The molecule has 0 amide bonds. The fraction of sp³-hybridized carbons (Fsp3) is 1.00. The third kappa shape index (κ3) is 0.183. The van der Waals surface area contributed by atoms with E-state index < -0.39 is 0 Å². The molecule has 1 N–H and O–H groups in total. The number of nitrogens with zero attached hydrogens (tertiary/aromatic N) is 1. The first-order valence-corrected chi connectivity index (χ1v) is 4.70. The van der Waals surface area contributed by atoms with Crippen molar-refractivity contribution in [2.75, 3.05) is 0 Å². The van der Waals surface area contributed by atoms with E-state index in [1.807, 2.05) is 0 Å². The minimum atomic E-state index is -0.318. The lowest BCUT2D eigenvalue weighted by Gasteiger charge is -3.05. The number of nitro groups is 1. The van der Waals surface area contributed by atoms with Crippen molar-refractivity contribution in [3.63, 3.8) is 0 Å². The third-order valence-corrected chi connectivity index (χ3v) is 5.76. The van der Waals surface area contributed by atoms with Crippen LogP contribution in [0.15, 0.2) is 0 Å². The first-order valence-electron chi connectivity index (χ1n) is 4.70. The zero-order valence-electron chi connectivity index (χ0n) is 6.31. The Kier molecular flexibility index (Phi) is 0.398. The number of hydrazine groups is 1. The summed E-state index contributed by atoms with van der Waals surface area (Å²) in [6.45, 7) is 0.